The Morgan fingerprint density at radius 2 is 1.62 bits per heavy atom. The number of carbonyl (C=O) groups is 2. The molecule has 2 aromatic rings. The van der Waals surface area contributed by atoms with E-state index in [0.29, 0.717) is 23.5 Å². The number of carboxylic acid groups (broad SMARTS) is 1. The van der Waals surface area contributed by atoms with Crippen LogP contribution in [0.3, 0.4) is 0 Å². The summed E-state index contributed by atoms with van der Waals surface area (Å²) in [5.74, 6) is 0.227. The van der Waals surface area contributed by atoms with Gasteiger partial charge in [0, 0.05) is 12.8 Å². The quantitative estimate of drug-likeness (QED) is 0.754. The van der Waals surface area contributed by atoms with Crippen molar-refractivity contribution >= 4 is 11.8 Å². The van der Waals surface area contributed by atoms with Crippen molar-refractivity contribution in [3.05, 3.63) is 59.2 Å². The van der Waals surface area contributed by atoms with E-state index in [1.165, 1.54) is 7.11 Å². The van der Waals surface area contributed by atoms with Crippen molar-refractivity contribution in [2.75, 3.05) is 14.2 Å². The van der Waals surface area contributed by atoms with Crippen LogP contribution in [-0.2, 0) is 17.6 Å². The second kappa shape index (κ2) is 8.15. The normalized spacial score (nSPS) is 10.2. The zero-order valence-corrected chi connectivity index (χ0v) is 13.7. The van der Waals surface area contributed by atoms with Gasteiger partial charge >= 0.3 is 5.97 Å². The first kappa shape index (κ1) is 17.5. The topological polar surface area (TPSA) is 72.8 Å². The highest BCUT2D eigenvalue weighted by Gasteiger charge is 2.14. The molecule has 0 aliphatic heterocycles. The molecular weight excluding hydrogens is 308 g/mol. The number of rotatable bonds is 8. The van der Waals surface area contributed by atoms with Gasteiger partial charge in [-0.25, -0.2) is 0 Å². The van der Waals surface area contributed by atoms with Crippen molar-refractivity contribution < 1.29 is 24.2 Å². The highest BCUT2D eigenvalue weighted by molar-refractivity contribution is 6.00. The van der Waals surface area contributed by atoms with Crippen LogP contribution >= 0.6 is 0 Å². The molecule has 0 bridgehead atoms. The Bertz CT molecular complexity index is 719. The van der Waals surface area contributed by atoms with Gasteiger partial charge in [0.25, 0.3) is 0 Å². The number of ketones is 1. The molecule has 0 aliphatic rings. The molecule has 5 nitrogen and oxygen atoms in total. The van der Waals surface area contributed by atoms with Crippen LogP contribution in [0, 0.1) is 0 Å². The fourth-order valence-electron chi connectivity index (χ4n) is 2.39. The van der Waals surface area contributed by atoms with Crippen LogP contribution < -0.4 is 9.47 Å². The predicted molar refractivity (Wildman–Crippen MR) is 90.0 cm³/mol. The third-order valence-corrected chi connectivity index (χ3v) is 3.72. The van der Waals surface area contributed by atoms with Gasteiger partial charge in [-0.1, -0.05) is 24.3 Å². The van der Waals surface area contributed by atoms with Gasteiger partial charge in [0.2, 0.25) is 0 Å². The van der Waals surface area contributed by atoms with Crippen LogP contribution in [0.2, 0.25) is 0 Å². The second-order valence-corrected chi connectivity index (χ2v) is 5.38. The molecule has 0 amide bonds. The third-order valence-electron chi connectivity index (χ3n) is 3.72. The Morgan fingerprint density at radius 1 is 0.958 bits per heavy atom. The molecule has 0 radical (unpaired) electrons. The Kier molecular flexibility index (Phi) is 5.95. The standard InChI is InChI=1S/C19H20O5/c1-23-15-8-9-18(24-2)16(12-15)17(20)11-14-5-3-13(4-6-14)7-10-19(21)22/h3-6,8-9,12H,7,10-11H2,1-2H3,(H,21,22). The minimum absolute atomic E-state index is 0.0657. The van der Waals surface area contributed by atoms with E-state index in [4.69, 9.17) is 14.6 Å². The molecular formula is C19H20O5. The summed E-state index contributed by atoms with van der Waals surface area (Å²) in [6.45, 7) is 0. The number of hydrogen-bond donors (Lipinski definition) is 1. The van der Waals surface area contributed by atoms with Gasteiger partial charge in [0.05, 0.1) is 19.8 Å². The fraction of sp³-hybridized carbons (Fsp3) is 0.263. The van der Waals surface area contributed by atoms with Crippen LogP contribution in [0.5, 0.6) is 11.5 Å². The van der Waals surface area contributed by atoms with Crippen molar-refractivity contribution in [3.63, 3.8) is 0 Å². The number of aryl methyl sites for hydroxylation is 1. The number of methoxy groups -OCH3 is 2. The first-order valence-corrected chi connectivity index (χ1v) is 7.58. The van der Waals surface area contributed by atoms with Crippen molar-refractivity contribution in [2.45, 2.75) is 19.3 Å². The number of carboxylic acids is 1. The highest BCUT2D eigenvalue weighted by atomic mass is 16.5. The molecule has 0 heterocycles. The van der Waals surface area contributed by atoms with Crippen molar-refractivity contribution in [3.8, 4) is 11.5 Å². The molecule has 0 saturated carbocycles. The molecule has 2 rings (SSSR count). The zero-order valence-electron chi connectivity index (χ0n) is 13.7. The molecule has 0 unspecified atom stereocenters. The summed E-state index contributed by atoms with van der Waals surface area (Å²) in [5.41, 5.74) is 2.28. The second-order valence-electron chi connectivity index (χ2n) is 5.38. The molecule has 2 aromatic carbocycles. The summed E-state index contributed by atoms with van der Waals surface area (Å²) in [4.78, 5) is 23.1. The molecule has 126 valence electrons. The highest BCUT2D eigenvalue weighted by Crippen LogP contribution is 2.25. The van der Waals surface area contributed by atoms with Crippen molar-refractivity contribution in [1.29, 1.82) is 0 Å². The smallest absolute Gasteiger partial charge is 0.303 e. The van der Waals surface area contributed by atoms with E-state index in [9.17, 15) is 9.59 Å². The van der Waals surface area contributed by atoms with Crippen molar-refractivity contribution in [1.82, 2.24) is 0 Å². The summed E-state index contributed by atoms with van der Waals surface area (Å²) >= 11 is 0. The van der Waals surface area contributed by atoms with E-state index < -0.39 is 5.97 Å². The average molecular weight is 328 g/mol. The first-order valence-electron chi connectivity index (χ1n) is 7.58. The minimum atomic E-state index is -0.820. The van der Waals surface area contributed by atoms with Gasteiger partial charge < -0.3 is 14.6 Å². The lowest BCUT2D eigenvalue weighted by atomic mass is 10.00. The lowest BCUT2D eigenvalue weighted by molar-refractivity contribution is -0.136. The van der Waals surface area contributed by atoms with E-state index in [2.05, 4.69) is 0 Å². The lowest BCUT2D eigenvalue weighted by Gasteiger charge is -2.10. The molecule has 0 aromatic heterocycles. The molecule has 0 aliphatic carbocycles. The van der Waals surface area contributed by atoms with E-state index in [0.717, 1.165) is 11.1 Å². The van der Waals surface area contributed by atoms with Gasteiger partial charge in [-0.05, 0) is 35.7 Å². The van der Waals surface area contributed by atoms with Crippen LogP contribution in [0.1, 0.15) is 27.9 Å². The predicted octanol–water partition coefficient (Wildman–Crippen LogP) is 3.15. The van der Waals surface area contributed by atoms with Gasteiger partial charge in [0.1, 0.15) is 11.5 Å². The number of hydrogen-bond acceptors (Lipinski definition) is 4. The Morgan fingerprint density at radius 3 is 2.21 bits per heavy atom. The van der Waals surface area contributed by atoms with E-state index in [1.807, 2.05) is 24.3 Å². The number of Topliss-reactive ketones (excluding diaryl/α,β-unsaturated/α-hetero) is 1. The maximum atomic E-state index is 12.5. The summed E-state index contributed by atoms with van der Waals surface area (Å²) in [7, 11) is 3.07. The molecule has 5 heteroatoms. The fourth-order valence-corrected chi connectivity index (χ4v) is 2.39. The van der Waals surface area contributed by atoms with Gasteiger partial charge in [-0.3, -0.25) is 9.59 Å². The maximum Gasteiger partial charge on any atom is 0.303 e. The molecule has 0 fully saturated rings. The van der Waals surface area contributed by atoms with Crippen LogP contribution in [0.4, 0.5) is 0 Å². The monoisotopic (exact) mass is 328 g/mol. The van der Waals surface area contributed by atoms with Gasteiger partial charge in [-0.2, -0.15) is 0 Å². The average Bonchev–Trinajstić information content (AvgIpc) is 2.60. The number of benzene rings is 2. The molecule has 0 spiro atoms. The van der Waals surface area contributed by atoms with Gasteiger partial charge in [0.15, 0.2) is 5.78 Å². The number of carbonyl (C=O) groups excluding carboxylic acids is 1. The first-order chi connectivity index (χ1) is 11.5. The van der Waals surface area contributed by atoms with E-state index in [-0.39, 0.29) is 18.6 Å². The minimum Gasteiger partial charge on any atom is -0.497 e. The van der Waals surface area contributed by atoms with Crippen LogP contribution in [0.15, 0.2) is 42.5 Å². The summed E-state index contributed by atoms with van der Waals surface area (Å²) in [6, 6.07) is 12.5. The Hall–Kier alpha value is -2.82. The number of aliphatic carboxylic acids is 1. The SMILES string of the molecule is COc1ccc(OC)c(C(=O)Cc2ccc(CCC(=O)O)cc2)c1. The van der Waals surface area contributed by atoms with Crippen molar-refractivity contribution in [2.24, 2.45) is 0 Å². The van der Waals surface area contributed by atoms with Crippen LogP contribution in [-0.4, -0.2) is 31.1 Å². The molecule has 0 atom stereocenters. The van der Waals surface area contributed by atoms with E-state index >= 15 is 0 Å². The largest absolute Gasteiger partial charge is 0.497 e. The van der Waals surface area contributed by atoms with Crippen LogP contribution in [0.25, 0.3) is 0 Å². The third kappa shape index (κ3) is 4.59. The number of ether oxygens (including phenoxy) is 2. The molecule has 1 N–H and O–H groups in total. The van der Waals surface area contributed by atoms with Gasteiger partial charge in [-0.15, -0.1) is 0 Å². The maximum absolute atomic E-state index is 12.5. The Labute approximate surface area is 140 Å². The Balaban J connectivity index is 2.10. The summed E-state index contributed by atoms with van der Waals surface area (Å²) in [6.07, 6.45) is 0.815. The summed E-state index contributed by atoms with van der Waals surface area (Å²) < 4.78 is 10.4. The summed E-state index contributed by atoms with van der Waals surface area (Å²) in [5, 5.41) is 8.70. The zero-order chi connectivity index (χ0) is 17.5. The lowest BCUT2D eigenvalue weighted by Crippen LogP contribution is -2.06. The van der Waals surface area contributed by atoms with E-state index in [1.54, 1.807) is 25.3 Å². The molecule has 24 heavy (non-hydrogen) atoms. The molecule has 0 saturated heterocycles.